The van der Waals surface area contributed by atoms with Crippen molar-refractivity contribution in [2.45, 2.75) is 92.1 Å². The van der Waals surface area contributed by atoms with Gasteiger partial charge in [-0.05, 0) is 105 Å². The van der Waals surface area contributed by atoms with E-state index in [2.05, 4.69) is 45.6 Å². The Bertz CT molecular complexity index is 602. The smallest absolute Gasteiger partial charge is 0.0577 e. The molecule has 4 aliphatic carbocycles. The number of hydrogen-bond donors (Lipinski definition) is 1. The van der Waals surface area contributed by atoms with Crippen molar-refractivity contribution in [3.63, 3.8) is 0 Å². The Morgan fingerprint density at radius 1 is 1.07 bits per heavy atom. The molecule has 4 rings (SSSR count). The van der Waals surface area contributed by atoms with Gasteiger partial charge in [0.15, 0.2) is 0 Å². The summed E-state index contributed by atoms with van der Waals surface area (Å²) in [5.41, 5.74) is 2.55. The van der Waals surface area contributed by atoms with Crippen LogP contribution < -0.4 is 0 Å². The van der Waals surface area contributed by atoms with Crippen LogP contribution in [0.25, 0.3) is 0 Å². The third-order valence-corrected chi connectivity index (χ3v) is 10.3. The van der Waals surface area contributed by atoms with Gasteiger partial charge in [-0.25, -0.2) is 0 Å². The summed E-state index contributed by atoms with van der Waals surface area (Å²) in [5.74, 6) is 4.42. The zero-order valence-electron chi connectivity index (χ0n) is 19.6. The van der Waals surface area contributed by atoms with Crippen molar-refractivity contribution in [2.24, 2.45) is 40.4 Å². The zero-order chi connectivity index (χ0) is 20.1. The molecular formula is C26H46ClNO. The Morgan fingerprint density at radius 3 is 2.48 bits per heavy atom. The summed E-state index contributed by atoms with van der Waals surface area (Å²) in [6.07, 6.45) is 12.8. The van der Waals surface area contributed by atoms with E-state index in [1.807, 2.05) is 0 Å². The maximum atomic E-state index is 10.2. The first-order valence-corrected chi connectivity index (χ1v) is 12.4. The van der Waals surface area contributed by atoms with Crippen LogP contribution >= 0.6 is 12.4 Å². The summed E-state index contributed by atoms with van der Waals surface area (Å²) in [6.45, 7) is 16.1. The number of nitrogens with zero attached hydrogens (tertiary/aromatic N) is 1. The quantitative estimate of drug-likeness (QED) is 0.522. The molecule has 0 amide bonds. The van der Waals surface area contributed by atoms with Crippen molar-refractivity contribution in [3.8, 4) is 0 Å². The third-order valence-electron chi connectivity index (χ3n) is 10.3. The van der Waals surface area contributed by atoms with Crippen LogP contribution in [0.1, 0.15) is 86.0 Å². The van der Waals surface area contributed by atoms with Gasteiger partial charge in [-0.1, -0.05) is 46.3 Å². The fourth-order valence-electron chi connectivity index (χ4n) is 8.63. The lowest BCUT2D eigenvalue weighted by molar-refractivity contribution is -0.0583. The molecule has 0 bridgehead atoms. The predicted molar refractivity (Wildman–Crippen MR) is 125 cm³/mol. The van der Waals surface area contributed by atoms with E-state index in [-0.39, 0.29) is 18.5 Å². The highest BCUT2D eigenvalue weighted by Gasteiger charge is 2.59. The summed E-state index contributed by atoms with van der Waals surface area (Å²) in [7, 11) is 0. The van der Waals surface area contributed by atoms with Gasteiger partial charge >= 0.3 is 0 Å². The topological polar surface area (TPSA) is 23.5 Å². The van der Waals surface area contributed by atoms with Crippen molar-refractivity contribution in [1.82, 2.24) is 4.90 Å². The van der Waals surface area contributed by atoms with Gasteiger partial charge in [0.2, 0.25) is 0 Å². The van der Waals surface area contributed by atoms with Gasteiger partial charge in [0, 0.05) is 6.54 Å². The van der Waals surface area contributed by atoms with Crippen LogP contribution in [0.2, 0.25) is 0 Å². The van der Waals surface area contributed by atoms with E-state index in [1.54, 1.807) is 5.57 Å². The van der Waals surface area contributed by atoms with Crippen molar-refractivity contribution in [1.29, 1.82) is 0 Å². The number of fused-ring (bicyclic) bond motifs is 5. The van der Waals surface area contributed by atoms with Gasteiger partial charge in [-0.2, -0.15) is 0 Å². The largest absolute Gasteiger partial charge is 0.393 e. The molecule has 0 aromatic rings. The van der Waals surface area contributed by atoms with E-state index >= 15 is 0 Å². The number of allylic oxidation sites excluding steroid dienone is 1. The second kappa shape index (κ2) is 8.83. The van der Waals surface area contributed by atoms with Gasteiger partial charge in [-0.15, -0.1) is 12.4 Å². The summed E-state index contributed by atoms with van der Waals surface area (Å²) in [6, 6.07) is 0. The average molecular weight is 424 g/mol. The average Bonchev–Trinajstić information content (AvgIpc) is 3.04. The van der Waals surface area contributed by atoms with E-state index < -0.39 is 0 Å². The first kappa shape index (κ1) is 23.6. The molecule has 1 unspecified atom stereocenters. The second-order valence-electron chi connectivity index (χ2n) is 11.3. The molecule has 4 aliphatic rings. The molecule has 0 saturated heterocycles. The Hall–Kier alpha value is -0.0500. The molecule has 1 N–H and O–H groups in total. The molecule has 0 aliphatic heterocycles. The Labute approximate surface area is 186 Å². The monoisotopic (exact) mass is 423 g/mol. The molecule has 29 heavy (non-hydrogen) atoms. The molecular weight excluding hydrogens is 378 g/mol. The van der Waals surface area contributed by atoms with Crippen LogP contribution in [0.5, 0.6) is 0 Å². The minimum absolute atomic E-state index is 0. The fraction of sp³-hybridized carbons (Fsp3) is 0.923. The highest BCUT2D eigenvalue weighted by Crippen LogP contribution is 2.67. The number of hydrogen-bond acceptors (Lipinski definition) is 2. The lowest BCUT2D eigenvalue weighted by atomic mass is 9.47. The van der Waals surface area contributed by atoms with Gasteiger partial charge in [0.1, 0.15) is 0 Å². The van der Waals surface area contributed by atoms with Crippen molar-refractivity contribution in [2.75, 3.05) is 19.6 Å². The molecule has 0 spiro atoms. The van der Waals surface area contributed by atoms with E-state index in [4.69, 9.17) is 0 Å². The molecule has 0 aromatic carbocycles. The Balaban J connectivity index is 0.00000240. The van der Waals surface area contributed by atoms with Crippen LogP contribution in [0.3, 0.4) is 0 Å². The lowest BCUT2D eigenvalue weighted by Gasteiger charge is -2.58. The number of aliphatic hydroxyl groups excluding tert-OH is 1. The Morgan fingerprint density at radius 2 is 1.79 bits per heavy atom. The minimum Gasteiger partial charge on any atom is -0.393 e. The Kier molecular flexibility index (Phi) is 7.19. The van der Waals surface area contributed by atoms with Crippen molar-refractivity contribution >= 4 is 12.4 Å². The molecule has 3 fully saturated rings. The first-order valence-electron chi connectivity index (χ1n) is 12.4. The van der Waals surface area contributed by atoms with Crippen LogP contribution in [0, 0.1) is 40.4 Å². The molecule has 8 atom stereocenters. The summed E-state index contributed by atoms with van der Waals surface area (Å²) >= 11 is 0. The molecule has 168 valence electrons. The highest BCUT2D eigenvalue weighted by atomic mass is 35.5. The number of halogens is 1. The SMILES string of the molecule is CCN(CC)CC(C)[C@H]1CC[C@H]2[C@@H]3CC=C4C[C@@H](O)CC[C@]4(C)[C@H]3CC[C@]12C.Cl. The predicted octanol–water partition coefficient (Wildman–Crippen LogP) is 6.33. The molecule has 0 aromatic heterocycles. The molecule has 0 heterocycles. The van der Waals surface area contributed by atoms with Crippen LogP contribution in [-0.2, 0) is 0 Å². The van der Waals surface area contributed by atoms with Crippen LogP contribution in [-0.4, -0.2) is 35.7 Å². The van der Waals surface area contributed by atoms with E-state index in [0.29, 0.717) is 10.8 Å². The summed E-state index contributed by atoms with van der Waals surface area (Å²) in [5, 5.41) is 10.2. The standard InChI is InChI=1S/C26H45NO.ClH/c1-6-27(7-2)17-18(3)22-10-11-23-21-9-8-19-16-20(28)12-14-25(19,4)24(21)13-15-26(22,23)5;/h8,18,20-24,28H,6-7,9-17H2,1-5H3;1H/t18?,20-,21-,22+,23-,24-,25-,26+;/m0./s1. The maximum Gasteiger partial charge on any atom is 0.0577 e. The summed E-state index contributed by atoms with van der Waals surface area (Å²) in [4.78, 5) is 2.64. The fourth-order valence-corrected chi connectivity index (χ4v) is 8.63. The lowest BCUT2D eigenvalue weighted by Crippen LogP contribution is -2.51. The number of aliphatic hydroxyl groups is 1. The molecule has 0 radical (unpaired) electrons. The van der Waals surface area contributed by atoms with Gasteiger partial charge in [0.25, 0.3) is 0 Å². The van der Waals surface area contributed by atoms with E-state index in [9.17, 15) is 5.11 Å². The third kappa shape index (κ3) is 3.85. The molecule has 2 nitrogen and oxygen atoms in total. The van der Waals surface area contributed by atoms with Gasteiger partial charge in [0.05, 0.1) is 6.10 Å². The normalized spacial score (nSPS) is 44.9. The van der Waals surface area contributed by atoms with E-state index in [1.165, 1.54) is 58.2 Å². The molecule has 3 saturated carbocycles. The number of rotatable bonds is 5. The summed E-state index contributed by atoms with van der Waals surface area (Å²) < 4.78 is 0. The maximum absolute atomic E-state index is 10.2. The first-order chi connectivity index (χ1) is 13.3. The van der Waals surface area contributed by atoms with Crippen molar-refractivity contribution in [3.05, 3.63) is 11.6 Å². The highest BCUT2D eigenvalue weighted by molar-refractivity contribution is 5.85. The zero-order valence-corrected chi connectivity index (χ0v) is 20.4. The second-order valence-corrected chi connectivity index (χ2v) is 11.3. The van der Waals surface area contributed by atoms with E-state index in [0.717, 1.165) is 42.4 Å². The van der Waals surface area contributed by atoms with Crippen LogP contribution in [0.15, 0.2) is 11.6 Å². The van der Waals surface area contributed by atoms with Gasteiger partial charge in [-0.3, -0.25) is 0 Å². The molecule has 3 heteroatoms. The van der Waals surface area contributed by atoms with Crippen molar-refractivity contribution < 1.29 is 5.11 Å². The van der Waals surface area contributed by atoms with Gasteiger partial charge < -0.3 is 10.0 Å². The van der Waals surface area contributed by atoms with Crippen LogP contribution in [0.4, 0.5) is 0 Å². The minimum atomic E-state index is -0.0819.